The Kier molecular flexibility index (Phi) is 2.26. The first-order valence-electron chi connectivity index (χ1n) is 5.39. The number of aromatic amines is 2. The predicted octanol–water partition coefficient (Wildman–Crippen LogP) is 1.74. The van der Waals surface area contributed by atoms with Crippen molar-refractivity contribution in [3.05, 3.63) is 53.1 Å². The van der Waals surface area contributed by atoms with E-state index >= 15 is 0 Å². The number of nitrogens with one attached hydrogen (secondary N) is 3. The van der Waals surface area contributed by atoms with Crippen LogP contribution < -0.4 is 10.9 Å². The third-order valence-electron chi connectivity index (χ3n) is 2.71. The van der Waals surface area contributed by atoms with Gasteiger partial charge in [-0.3, -0.25) is 14.5 Å². The van der Waals surface area contributed by atoms with Crippen molar-refractivity contribution in [2.24, 2.45) is 0 Å². The average Bonchev–Trinajstić information content (AvgIpc) is 2.96. The lowest BCUT2D eigenvalue weighted by Gasteiger charge is -2.04. The van der Waals surface area contributed by atoms with Gasteiger partial charge in [0.15, 0.2) is 0 Å². The monoisotopic (exact) mass is 242 g/mol. The molecule has 0 aliphatic carbocycles. The van der Waals surface area contributed by atoms with E-state index in [-0.39, 0.29) is 17.3 Å². The highest BCUT2D eigenvalue weighted by molar-refractivity contribution is 5.98. The quantitative estimate of drug-likeness (QED) is 0.607. The molecule has 2 aromatic heterocycles. The third-order valence-corrected chi connectivity index (χ3v) is 2.71. The summed E-state index contributed by atoms with van der Waals surface area (Å²) in [5.41, 5.74) is 0.625. The maximum absolute atomic E-state index is 12.0. The van der Waals surface area contributed by atoms with Crippen LogP contribution in [0.4, 0.5) is 10.5 Å². The number of nitrogens with zero attached hydrogens (tertiary/aromatic N) is 1. The minimum absolute atomic E-state index is 0.192. The summed E-state index contributed by atoms with van der Waals surface area (Å²) in [5.74, 6) is 0. The van der Waals surface area contributed by atoms with Gasteiger partial charge in [0, 0.05) is 17.8 Å². The zero-order chi connectivity index (χ0) is 12.5. The Bertz CT molecular complexity index is 765. The molecule has 2 heterocycles. The van der Waals surface area contributed by atoms with Gasteiger partial charge >= 0.3 is 6.03 Å². The van der Waals surface area contributed by atoms with Gasteiger partial charge in [-0.25, -0.2) is 4.79 Å². The maximum atomic E-state index is 12.0. The molecule has 90 valence electrons. The fraction of sp³-hybridized carbons (Fsp3) is 0. The summed E-state index contributed by atoms with van der Waals surface area (Å²) >= 11 is 0. The smallest absolute Gasteiger partial charge is 0.303 e. The summed E-state index contributed by atoms with van der Waals surface area (Å²) in [7, 11) is 0. The van der Waals surface area contributed by atoms with Crippen LogP contribution in [0.25, 0.3) is 10.9 Å². The first-order chi connectivity index (χ1) is 8.75. The number of hydrogen-bond donors (Lipinski definition) is 3. The highest BCUT2D eigenvalue weighted by atomic mass is 16.2. The minimum atomic E-state index is -0.374. The van der Waals surface area contributed by atoms with Crippen LogP contribution >= 0.6 is 0 Å². The number of aromatic nitrogens is 3. The van der Waals surface area contributed by atoms with E-state index in [2.05, 4.69) is 15.5 Å². The highest BCUT2D eigenvalue weighted by Crippen LogP contribution is 2.15. The fourth-order valence-corrected chi connectivity index (χ4v) is 1.84. The number of rotatable bonds is 1. The molecule has 0 atom stereocenters. The van der Waals surface area contributed by atoms with Gasteiger partial charge in [0.25, 0.3) is 5.56 Å². The predicted molar refractivity (Wildman–Crippen MR) is 67.8 cm³/mol. The topological polar surface area (TPSA) is 82.7 Å². The largest absolute Gasteiger partial charge is 0.330 e. The highest BCUT2D eigenvalue weighted by Gasteiger charge is 2.10. The van der Waals surface area contributed by atoms with Crippen LogP contribution in [0.3, 0.4) is 0 Å². The first kappa shape index (κ1) is 10.4. The second-order valence-corrected chi connectivity index (χ2v) is 3.83. The normalized spacial score (nSPS) is 10.7. The summed E-state index contributed by atoms with van der Waals surface area (Å²) in [5, 5.41) is 8.38. The van der Waals surface area contributed by atoms with Crippen LogP contribution in [0.2, 0.25) is 0 Å². The van der Waals surface area contributed by atoms with Crippen molar-refractivity contribution in [1.29, 1.82) is 0 Å². The number of benzene rings is 1. The second kappa shape index (κ2) is 3.92. The maximum Gasteiger partial charge on any atom is 0.330 e. The Labute approximate surface area is 101 Å². The van der Waals surface area contributed by atoms with Crippen LogP contribution in [0.5, 0.6) is 0 Å². The van der Waals surface area contributed by atoms with Crippen molar-refractivity contribution in [2.75, 3.05) is 5.32 Å². The van der Waals surface area contributed by atoms with E-state index in [0.29, 0.717) is 0 Å². The summed E-state index contributed by atoms with van der Waals surface area (Å²) in [6.07, 6.45) is 3.08. The van der Waals surface area contributed by atoms with E-state index in [0.717, 1.165) is 10.9 Å². The molecule has 18 heavy (non-hydrogen) atoms. The summed E-state index contributed by atoms with van der Waals surface area (Å²) in [6.45, 7) is 0. The molecule has 3 N–H and O–H groups in total. The molecule has 1 amide bonds. The lowest BCUT2D eigenvalue weighted by Crippen LogP contribution is -2.21. The SMILES string of the molecule is O=C(Nc1c[nH][nH]c1=O)n1ccc2ccccc21. The van der Waals surface area contributed by atoms with Crippen molar-refractivity contribution in [3.63, 3.8) is 0 Å². The summed E-state index contributed by atoms with van der Waals surface area (Å²) in [6, 6.07) is 8.99. The summed E-state index contributed by atoms with van der Waals surface area (Å²) < 4.78 is 1.46. The van der Waals surface area contributed by atoms with Crippen LogP contribution in [-0.2, 0) is 0 Å². The molecule has 0 aliphatic heterocycles. The van der Waals surface area contributed by atoms with Crippen molar-refractivity contribution in [3.8, 4) is 0 Å². The van der Waals surface area contributed by atoms with Crippen molar-refractivity contribution in [2.45, 2.75) is 0 Å². The molecule has 0 fully saturated rings. The van der Waals surface area contributed by atoms with Crippen LogP contribution in [0.15, 0.2) is 47.5 Å². The molecule has 0 radical (unpaired) electrons. The van der Waals surface area contributed by atoms with Gasteiger partial charge in [0.1, 0.15) is 5.69 Å². The van der Waals surface area contributed by atoms with E-state index in [1.807, 2.05) is 30.3 Å². The van der Waals surface area contributed by atoms with E-state index in [1.54, 1.807) is 6.20 Å². The molecule has 0 bridgehead atoms. The molecule has 0 spiro atoms. The van der Waals surface area contributed by atoms with Gasteiger partial charge in [0.05, 0.1) is 5.52 Å². The lowest BCUT2D eigenvalue weighted by molar-refractivity contribution is 0.254. The molecule has 3 rings (SSSR count). The molecule has 0 saturated carbocycles. The number of anilines is 1. The van der Waals surface area contributed by atoms with E-state index in [1.165, 1.54) is 10.8 Å². The molecule has 6 heteroatoms. The van der Waals surface area contributed by atoms with Gasteiger partial charge in [-0.2, -0.15) is 0 Å². The Morgan fingerprint density at radius 2 is 2.06 bits per heavy atom. The van der Waals surface area contributed by atoms with Gasteiger partial charge in [-0.1, -0.05) is 18.2 Å². The molecule has 3 aromatic rings. The molecule has 0 saturated heterocycles. The Morgan fingerprint density at radius 1 is 1.22 bits per heavy atom. The fourth-order valence-electron chi connectivity index (χ4n) is 1.84. The number of carbonyl (C=O) groups excluding carboxylic acids is 1. The minimum Gasteiger partial charge on any atom is -0.303 e. The van der Waals surface area contributed by atoms with Crippen LogP contribution in [0, 0.1) is 0 Å². The number of carbonyl (C=O) groups is 1. The van der Waals surface area contributed by atoms with Gasteiger partial charge in [-0.05, 0) is 12.1 Å². The number of fused-ring (bicyclic) bond motifs is 1. The van der Waals surface area contributed by atoms with Gasteiger partial charge in [0.2, 0.25) is 0 Å². The van der Waals surface area contributed by atoms with Gasteiger partial charge in [-0.15, -0.1) is 0 Å². The second-order valence-electron chi connectivity index (χ2n) is 3.83. The Balaban J connectivity index is 1.98. The van der Waals surface area contributed by atoms with Crippen LogP contribution in [0.1, 0.15) is 0 Å². The number of H-pyrrole nitrogens is 2. The van der Waals surface area contributed by atoms with Crippen molar-refractivity contribution < 1.29 is 4.79 Å². The number of para-hydroxylation sites is 1. The zero-order valence-corrected chi connectivity index (χ0v) is 9.31. The first-order valence-corrected chi connectivity index (χ1v) is 5.39. The Morgan fingerprint density at radius 3 is 2.83 bits per heavy atom. The zero-order valence-electron chi connectivity index (χ0n) is 9.31. The van der Waals surface area contributed by atoms with Crippen molar-refractivity contribution >= 4 is 22.6 Å². The standard InChI is InChI=1S/C12H10N4O2/c17-11-9(7-13-15-11)14-12(18)16-6-5-8-3-1-2-4-10(8)16/h1-7H,(H,14,18)(H2,13,15,17). The lowest BCUT2D eigenvalue weighted by atomic mass is 10.2. The van der Waals surface area contributed by atoms with Gasteiger partial charge < -0.3 is 10.4 Å². The van der Waals surface area contributed by atoms with Crippen LogP contribution in [-0.4, -0.2) is 20.8 Å². The van der Waals surface area contributed by atoms with E-state index in [4.69, 9.17) is 0 Å². The summed E-state index contributed by atoms with van der Waals surface area (Å²) in [4.78, 5) is 23.3. The van der Waals surface area contributed by atoms with E-state index < -0.39 is 0 Å². The molecule has 1 aromatic carbocycles. The average molecular weight is 242 g/mol. The molecule has 0 aliphatic rings. The number of amides is 1. The molecular weight excluding hydrogens is 232 g/mol. The third kappa shape index (κ3) is 1.60. The van der Waals surface area contributed by atoms with E-state index in [9.17, 15) is 9.59 Å². The Hall–Kier alpha value is -2.76. The number of hydrogen-bond acceptors (Lipinski definition) is 2. The molecule has 6 nitrogen and oxygen atoms in total. The molecular formula is C12H10N4O2. The van der Waals surface area contributed by atoms with Crippen molar-refractivity contribution in [1.82, 2.24) is 14.8 Å². The molecule has 0 unspecified atom stereocenters.